The van der Waals surface area contributed by atoms with Gasteiger partial charge in [0.25, 0.3) is 0 Å². The maximum absolute atomic E-state index is 12.0. The molecule has 1 atom stereocenters. The van der Waals surface area contributed by atoms with Crippen LogP contribution in [0.5, 0.6) is 0 Å². The summed E-state index contributed by atoms with van der Waals surface area (Å²) >= 11 is 0. The molecular weight excluding hydrogens is 280 g/mol. The van der Waals surface area contributed by atoms with Crippen LogP contribution in [0.3, 0.4) is 0 Å². The summed E-state index contributed by atoms with van der Waals surface area (Å²) in [7, 11) is 0. The molecule has 112 valence electrons. The Morgan fingerprint density at radius 2 is 2.09 bits per heavy atom. The minimum atomic E-state index is -0.150. The smallest absolute Gasteiger partial charge is 0.235 e. The van der Waals surface area contributed by atoms with Crippen LogP contribution in [0.2, 0.25) is 0 Å². The predicted molar refractivity (Wildman–Crippen MR) is 82.0 cm³/mol. The molecule has 1 N–H and O–H groups in total. The van der Waals surface area contributed by atoms with E-state index in [0.717, 1.165) is 33.6 Å². The van der Waals surface area contributed by atoms with Gasteiger partial charge in [0.1, 0.15) is 11.3 Å². The summed E-state index contributed by atoms with van der Waals surface area (Å²) in [6, 6.07) is 6.12. The van der Waals surface area contributed by atoms with Gasteiger partial charge in [-0.15, -0.1) is 0 Å². The Labute approximate surface area is 127 Å². The number of carbonyl (C=O) groups is 1. The highest BCUT2D eigenvalue weighted by Gasteiger charge is 2.35. The van der Waals surface area contributed by atoms with Crippen LogP contribution in [-0.2, 0) is 4.79 Å². The number of nitrogens with zero attached hydrogens (tertiary/aromatic N) is 1. The molecule has 3 heterocycles. The van der Waals surface area contributed by atoms with E-state index in [9.17, 15) is 4.79 Å². The maximum Gasteiger partial charge on any atom is 0.235 e. The van der Waals surface area contributed by atoms with Crippen molar-refractivity contribution in [1.29, 1.82) is 0 Å². The van der Waals surface area contributed by atoms with Gasteiger partial charge in [0.05, 0.1) is 17.2 Å². The Morgan fingerprint density at radius 1 is 1.27 bits per heavy atom. The minimum Gasteiger partial charge on any atom is -0.460 e. The van der Waals surface area contributed by atoms with Crippen LogP contribution >= 0.6 is 0 Å². The minimum absolute atomic E-state index is 0.0790. The van der Waals surface area contributed by atoms with Crippen molar-refractivity contribution < 1.29 is 13.7 Å². The molecule has 5 nitrogen and oxygen atoms in total. The van der Waals surface area contributed by atoms with Gasteiger partial charge in [-0.1, -0.05) is 16.8 Å². The number of anilines is 1. The molecule has 0 unspecified atom stereocenters. The van der Waals surface area contributed by atoms with E-state index in [0.29, 0.717) is 12.3 Å². The summed E-state index contributed by atoms with van der Waals surface area (Å²) in [5.74, 6) is 1.03. The van der Waals surface area contributed by atoms with Crippen LogP contribution in [0.1, 0.15) is 40.5 Å². The first kappa shape index (κ1) is 13.1. The van der Waals surface area contributed by atoms with Crippen molar-refractivity contribution in [3.8, 4) is 0 Å². The fourth-order valence-corrected chi connectivity index (χ4v) is 3.25. The number of hydrogen-bond acceptors (Lipinski definition) is 4. The molecule has 5 heteroatoms. The van der Waals surface area contributed by atoms with E-state index < -0.39 is 0 Å². The monoisotopic (exact) mass is 296 g/mol. The lowest BCUT2D eigenvalue weighted by molar-refractivity contribution is -0.116. The SMILES string of the molecule is Cc1ccc2oc([C@@H]3CC(=O)Nc4onc(C)c43)c(C)c2c1. The predicted octanol–water partition coefficient (Wildman–Crippen LogP) is 3.82. The van der Waals surface area contributed by atoms with E-state index in [1.807, 2.05) is 26.0 Å². The Balaban J connectivity index is 1.94. The number of hydrogen-bond donors (Lipinski definition) is 1. The summed E-state index contributed by atoms with van der Waals surface area (Å²) in [4.78, 5) is 12.0. The number of nitrogens with one attached hydrogen (secondary N) is 1. The quantitative estimate of drug-likeness (QED) is 0.741. The van der Waals surface area contributed by atoms with E-state index in [1.54, 1.807) is 0 Å². The number of rotatable bonds is 1. The second-order valence-corrected chi connectivity index (χ2v) is 5.91. The Hall–Kier alpha value is -2.56. The molecule has 0 spiro atoms. The van der Waals surface area contributed by atoms with Gasteiger partial charge >= 0.3 is 0 Å². The second kappa shape index (κ2) is 4.47. The van der Waals surface area contributed by atoms with E-state index >= 15 is 0 Å². The lowest BCUT2D eigenvalue weighted by Gasteiger charge is -2.20. The summed E-state index contributed by atoms with van der Waals surface area (Å²) < 4.78 is 11.3. The lowest BCUT2D eigenvalue weighted by atomic mass is 9.88. The number of furan rings is 1. The Morgan fingerprint density at radius 3 is 2.91 bits per heavy atom. The molecule has 0 saturated carbocycles. The molecule has 3 aromatic rings. The molecule has 4 rings (SSSR count). The van der Waals surface area contributed by atoms with Gasteiger partial charge in [0.2, 0.25) is 11.8 Å². The first-order valence-corrected chi connectivity index (χ1v) is 7.30. The van der Waals surface area contributed by atoms with Crippen molar-refractivity contribution >= 4 is 22.8 Å². The highest BCUT2D eigenvalue weighted by Crippen LogP contribution is 2.42. The fourth-order valence-electron chi connectivity index (χ4n) is 3.25. The highest BCUT2D eigenvalue weighted by molar-refractivity contribution is 5.94. The fraction of sp³-hybridized carbons (Fsp3) is 0.294. The van der Waals surface area contributed by atoms with Gasteiger partial charge in [0, 0.05) is 11.8 Å². The number of benzene rings is 1. The third-order valence-electron chi connectivity index (χ3n) is 4.34. The van der Waals surface area contributed by atoms with Crippen LogP contribution in [-0.4, -0.2) is 11.1 Å². The number of carbonyl (C=O) groups excluding carboxylic acids is 1. The first-order chi connectivity index (χ1) is 10.5. The summed E-state index contributed by atoms with van der Waals surface area (Å²) in [5, 5.41) is 7.80. The van der Waals surface area contributed by atoms with Gasteiger partial charge in [-0.2, -0.15) is 0 Å². The topological polar surface area (TPSA) is 68.3 Å². The van der Waals surface area contributed by atoms with Crippen molar-refractivity contribution in [1.82, 2.24) is 5.16 Å². The van der Waals surface area contributed by atoms with Crippen LogP contribution in [0.15, 0.2) is 27.1 Å². The van der Waals surface area contributed by atoms with E-state index in [4.69, 9.17) is 8.94 Å². The van der Waals surface area contributed by atoms with Gasteiger partial charge < -0.3 is 8.94 Å². The normalized spacial score (nSPS) is 17.6. The molecule has 0 fully saturated rings. The van der Waals surface area contributed by atoms with E-state index in [2.05, 4.69) is 23.5 Å². The molecule has 2 aromatic heterocycles. The van der Waals surface area contributed by atoms with Crippen molar-refractivity contribution in [2.24, 2.45) is 0 Å². The number of aryl methyl sites for hydroxylation is 3. The molecule has 0 saturated heterocycles. The first-order valence-electron chi connectivity index (χ1n) is 7.30. The molecule has 1 aliphatic rings. The average Bonchev–Trinajstić information content (AvgIpc) is 3.00. The molecular formula is C17H16N2O3. The molecule has 1 aromatic carbocycles. The van der Waals surface area contributed by atoms with Crippen LogP contribution in [0, 0.1) is 20.8 Å². The van der Waals surface area contributed by atoms with Crippen LogP contribution < -0.4 is 5.32 Å². The number of amides is 1. The van der Waals surface area contributed by atoms with Gasteiger partial charge in [-0.25, -0.2) is 0 Å². The number of aromatic nitrogens is 1. The molecule has 0 bridgehead atoms. The standard InChI is InChI=1S/C17H16N2O3/c1-8-4-5-13-11(6-8)9(2)16(21-13)12-7-14(20)18-17-15(12)10(3)19-22-17/h4-6,12H,7H2,1-3H3,(H,18,20)/t12-/m1/s1. The van der Waals surface area contributed by atoms with E-state index in [-0.39, 0.29) is 11.8 Å². The molecule has 22 heavy (non-hydrogen) atoms. The lowest BCUT2D eigenvalue weighted by Crippen LogP contribution is -2.23. The highest BCUT2D eigenvalue weighted by atomic mass is 16.5. The van der Waals surface area contributed by atoms with Crippen molar-refractivity contribution in [2.75, 3.05) is 5.32 Å². The van der Waals surface area contributed by atoms with Crippen molar-refractivity contribution in [3.63, 3.8) is 0 Å². The third kappa shape index (κ3) is 1.78. The zero-order chi connectivity index (χ0) is 15.4. The maximum atomic E-state index is 12.0. The van der Waals surface area contributed by atoms with Gasteiger partial charge in [-0.05, 0) is 38.5 Å². The molecule has 1 amide bonds. The van der Waals surface area contributed by atoms with Crippen LogP contribution in [0.4, 0.5) is 5.88 Å². The summed E-state index contributed by atoms with van der Waals surface area (Å²) in [6.45, 7) is 5.98. The summed E-state index contributed by atoms with van der Waals surface area (Å²) in [5.41, 5.74) is 4.81. The zero-order valence-electron chi connectivity index (χ0n) is 12.7. The van der Waals surface area contributed by atoms with Gasteiger partial charge in [0.15, 0.2) is 0 Å². The van der Waals surface area contributed by atoms with Gasteiger partial charge in [-0.3, -0.25) is 10.1 Å². The third-order valence-corrected chi connectivity index (χ3v) is 4.34. The zero-order valence-corrected chi connectivity index (χ0v) is 12.7. The van der Waals surface area contributed by atoms with E-state index in [1.165, 1.54) is 5.56 Å². The molecule has 0 radical (unpaired) electrons. The van der Waals surface area contributed by atoms with Crippen LogP contribution in [0.25, 0.3) is 11.0 Å². The molecule has 1 aliphatic heterocycles. The number of fused-ring (bicyclic) bond motifs is 2. The summed E-state index contributed by atoms with van der Waals surface area (Å²) in [6.07, 6.45) is 0.342. The molecule has 0 aliphatic carbocycles. The van der Waals surface area contributed by atoms with Crippen molar-refractivity contribution in [2.45, 2.75) is 33.1 Å². The second-order valence-electron chi connectivity index (χ2n) is 5.91. The largest absolute Gasteiger partial charge is 0.460 e. The van der Waals surface area contributed by atoms with Crippen molar-refractivity contribution in [3.05, 3.63) is 46.3 Å². The Bertz CT molecular complexity index is 904. The Kier molecular flexibility index (Phi) is 2.66. The average molecular weight is 296 g/mol.